The van der Waals surface area contributed by atoms with E-state index in [2.05, 4.69) is 11.9 Å². The first kappa shape index (κ1) is 12.0. The van der Waals surface area contributed by atoms with Gasteiger partial charge < -0.3 is 4.90 Å². The lowest BCUT2D eigenvalue weighted by molar-refractivity contribution is 0.0607. The van der Waals surface area contributed by atoms with E-state index < -0.39 is 5.95 Å². The maximum absolute atomic E-state index is 12.7. The fraction of sp³-hybridized carbons (Fsp3) is 0.538. The highest BCUT2D eigenvalue weighted by Crippen LogP contribution is 2.21. The summed E-state index contributed by atoms with van der Waals surface area (Å²) in [7, 11) is 0. The number of pyridine rings is 1. The lowest BCUT2D eigenvalue weighted by atomic mass is 9.99. The molecule has 1 aliphatic rings. The van der Waals surface area contributed by atoms with Crippen LogP contribution in [0.3, 0.4) is 0 Å². The molecule has 1 atom stereocenters. The molecule has 92 valence electrons. The van der Waals surface area contributed by atoms with E-state index in [0.29, 0.717) is 11.6 Å². The molecule has 0 spiro atoms. The maximum Gasteiger partial charge on any atom is 0.255 e. The zero-order valence-electron chi connectivity index (χ0n) is 10.0. The van der Waals surface area contributed by atoms with Crippen LogP contribution in [-0.4, -0.2) is 28.4 Å². The van der Waals surface area contributed by atoms with Crippen molar-refractivity contribution in [3.63, 3.8) is 0 Å². The van der Waals surface area contributed by atoms with Crippen LogP contribution in [0, 0.1) is 5.95 Å². The number of carbonyl (C=O) groups excluding carboxylic acids is 1. The normalized spacial score (nSPS) is 20.4. The molecule has 0 aromatic carbocycles. The molecule has 2 heterocycles. The van der Waals surface area contributed by atoms with E-state index in [1.54, 1.807) is 0 Å². The molecule has 1 unspecified atom stereocenters. The summed E-state index contributed by atoms with van der Waals surface area (Å²) in [5, 5.41) is 0. The van der Waals surface area contributed by atoms with Crippen molar-refractivity contribution in [2.45, 2.75) is 38.6 Å². The predicted molar refractivity (Wildman–Crippen MR) is 63.2 cm³/mol. The second-order valence-electron chi connectivity index (χ2n) is 4.43. The number of rotatable bonds is 2. The zero-order valence-corrected chi connectivity index (χ0v) is 10.0. The first-order chi connectivity index (χ1) is 8.22. The molecule has 1 aromatic rings. The fourth-order valence-electron chi connectivity index (χ4n) is 2.36. The minimum absolute atomic E-state index is 0.0240. The minimum atomic E-state index is -0.549. The Morgan fingerprint density at radius 2 is 2.35 bits per heavy atom. The highest BCUT2D eigenvalue weighted by Gasteiger charge is 2.26. The van der Waals surface area contributed by atoms with Crippen LogP contribution in [0.2, 0.25) is 0 Å². The second kappa shape index (κ2) is 5.25. The third-order valence-electron chi connectivity index (χ3n) is 3.33. The lowest BCUT2D eigenvalue weighted by Gasteiger charge is -2.35. The van der Waals surface area contributed by atoms with E-state index in [0.717, 1.165) is 25.8 Å². The Hall–Kier alpha value is -1.45. The van der Waals surface area contributed by atoms with Gasteiger partial charge in [0, 0.05) is 18.8 Å². The Morgan fingerprint density at radius 1 is 1.53 bits per heavy atom. The highest BCUT2D eigenvalue weighted by atomic mass is 19.1. The summed E-state index contributed by atoms with van der Waals surface area (Å²) in [6, 6.07) is 3.06. The first-order valence-corrected chi connectivity index (χ1v) is 6.15. The summed E-state index contributed by atoms with van der Waals surface area (Å²) in [6.07, 6.45) is 5.59. The van der Waals surface area contributed by atoms with Crippen LogP contribution < -0.4 is 0 Å². The summed E-state index contributed by atoms with van der Waals surface area (Å²) in [4.78, 5) is 17.7. The summed E-state index contributed by atoms with van der Waals surface area (Å²) in [5.74, 6) is -0.573. The van der Waals surface area contributed by atoms with Crippen molar-refractivity contribution in [3.05, 3.63) is 29.8 Å². The minimum Gasteiger partial charge on any atom is -0.336 e. The quantitative estimate of drug-likeness (QED) is 0.739. The molecule has 4 heteroatoms. The maximum atomic E-state index is 12.7. The van der Waals surface area contributed by atoms with Gasteiger partial charge >= 0.3 is 0 Å². The van der Waals surface area contributed by atoms with Crippen LogP contribution in [0.1, 0.15) is 43.0 Å². The zero-order chi connectivity index (χ0) is 12.3. The van der Waals surface area contributed by atoms with Crippen molar-refractivity contribution in [1.82, 2.24) is 9.88 Å². The van der Waals surface area contributed by atoms with E-state index in [4.69, 9.17) is 0 Å². The Balaban J connectivity index is 2.15. The molecule has 0 radical (unpaired) electrons. The molecule has 3 nitrogen and oxygen atoms in total. The Morgan fingerprint density at radius 3 is 3.00 bits per heavy atom. The van der Waals surface area contributed by atoms with Gasteiger partial charge in [-0.05, 0) is 37.8 Å². The number of likely N-dealkylation sites (tertiary alicyclic amines) is 1. The largest absolute Gasteiger partial charge is 0.336 e. The molecular formula is C13H17FN2O. The number of amides is 1. The van der Waals surface area contributed by atoms with Gasteiger partial charge in [0.05, 0.1) is 5.56 Å². The van der Waals surface area contributed by atoms with Gasteiger partial charge in [-0.15, -0.1) is 0 Å². The van der Waals surface area contributed by atoms with Gasteiger partial charge in [0.25, 0.3) is 5.91 Å². The smallest absolute Gasteiger partial charge is 0.255 e. The van der Waals surface area contributed by atoms with Gasteiger partial charge in [-0.1, -0.05) is 6.92 Å². The number of halogens is 1. The number of piperidine rings is 1. The molecule has 2 rings (SSSR count). The first-order valence-electron chi connectivity index (χ1n) is 6.15. The van der Waals surface area contributed by atoms with Gasteiger partial charge in [-0.2, -0.15) is 4.39 Å². The van der Waals surface area contributed by atoms with E-state index >= 15 is 0 Å². The number of carbonyl (C=O) groups is 1. The monoisotopic (exact) mass is 236 g/mol. The van der Waals surface area contributed by atoms with Crippen molar-refractivity contribution in [1.29, 1.82) is 0 Å². The molecule has 1 aromatic heterocycles. The predicted octanol–water partition coefficient (Wildman–Crippen LogP) is 2.63. The van der Waals surface area contributed by atoms with Crippen LogP contribution in [-0.2, 0) is 0 Å². The average Bonchev–Trinajstić information content (AvgIpc) is 2.39. The van der Waals surface area contributed by atoms with Crippen molar-refractivity contribution in [2.75, 3.05) is 6.54 Å². The molecule has 1 aliphatic heterocycles. The van der Waals surface area contributed by atoms with E-state index in [9.17, 15) is 9.18 Å². The van der Waals surface area contributed by atoms with Crippen LogP contribution in [0.5, 0.6) is 0 Å². The Bertz CT molecular complexity index is 391. The van der Waals surface area contributed by atoms with Gasteiger partial charge in [-0.25, -0.2) is 4.98 Å². The van der Waals surface area contributed by atoms with Crippen LogP contribution in [0.15, 0.2) is 18.3 Å². The number of hydrogen-bond acceptors (Lipinski definition) is 2. The molecule has 1 fully saturated rings. The average molecular weight is 236 g/mol. The van der Waals surface area contributed by atoms with Gasteiger partial charge in [0.15, 0.2) is 0 Å². The molecule has 0 aliphatic carbocycles. The standard InChI is InChI=1S/C13H17FN2O/c1-2-11-5-3-4-8-16(11)13(17)10-6-7-12(14)15-9-10/h6-7,9,11H,2-5,8H2,1H3. The molecule has 1 saturated heterocycles. The molecular weight excluding hydrogens is 219 g/mol. The number of hydrogen-bond donors (Lipinski definition) is 0. The topological polar surface area (TPSA) is 33.2 Å². The fourth-order valence-corrected chi connectivity index (χ4v) is 2.36. The van der Waals surface area contributed by atoms with Crippen molar-refractivity contribution >= 4 is 5.91 Å². The SMILES string of the molecule is CCC1CCCCN1C(=O)c1ccc(F)nc1. The molecule has 1 amide bonds. The summed E-state index contributed by atoms with van der Waals surface area (Å²) < 4.78 is 12.7. The van der Waals surface area contributed by atoms with Gasteiger partial charge in [-0.3, -0.25) is 4.79 Å². The van der Waals surface area contributed by atoms with Crippen LogP contribution in [0.4, 0.5) is 4.39 Å². The van der Waals surface area contributed by atoms with Crippen molar-refractivity contribution < 1.29 is 9.18 Å². The summed E-state index contributed by atoms with van der Waals surface area (Å²) in [6.45, 7) is 2.90. The Labute approximate surface area is 101 Å². The third kappa shape index (κ3) is 2.62. The molecule has 0 N–H and O–H groups in total. The molecule has 0 bridgehead atoms. The van der Waals surface area contributed by atoms with Crippen molar-refractivity contribution in [3.8, 4) is 0 Å². The number of aromatic nitrogens is 1. The number of nitrogens with zero attached hydrogens (tertiary/aromatic N) is 2. The Kier molecular flexibility index (Phi) is 3.71. The van der Waals surface area contributed by atoms with Gasteiger partial charge in [0.1, 0.15) is 0 Å². The van der Waals surface area contributed by atoms with E-state index in [1.165, 1.54) is 24.8 Å². The van der Waals surface area contributed by atoms with Crippen LogP contribution >= 0.6 is 0 Å². The third-order valence-corrected chi connectivity index (χ3v) is 3.33. The lowest BCUT2D eigenvalue weighted by Crippen LogP contribution is -2.43. The van der Waals surface area contributed by atoms with E-state index in [1.807, 2.05) is 4.90 Å². The molecule has 0 saturated carbocycles. The van der Waals surface area contributed by atoms with E-state index in [-0.39, 0.29) is 5.91 Å². The van der Waals surface area contributed by atoms with Crippen molar-refractivity contribution in [2.24, 2.45) is 0 Å². The second-order valence-corrected chi connectivity index (χ2v) is 4.43. The van der Waals surface area contributed by atoms with Crippen LogP contribution in [0.25, 0.3) is 0 Å². The summed E-state index contributed by atoms with van der Waals surface area (Å²) >= 11 is 0. The molecule has 17 heavy (non-hydrogen) atoms. The highest BCUT2D eigenvalue weighted by molar-refractivity contribution is 5.94. The summed E-state index contributed by atoms with van der Waals surface area (Å²) in [5.41, 5.74) is 0.478. The van der Waals surface area contributed by atoms with Gasteiger partial charge in [0.2, 0.25) is 5.95 Å².